The summed E-state index contributed by atoms with van der Waals surface area (Å²) in [6, 6.07) is 5.13. The van der Waals surface area contributed by atoms with E-state index in [2.05, 4.69) is 12.2 Å². The van der Waals surface area contributed by atoms with E-state index < -0.39 is 0 Å². The maximum Gasteiger partial charge on any atom is 0.227 e. The minimum absolute atomic E-state index is 0.0452. The van der Waals surface area contributed by atoms with Crippen LogP contribution in [0.4, 0.5) is 5.69 Å². The number of carbonyl (C=O) groups is 2. The molecule has 2 rings (SSSR count). The lowest BCUT2D eigenvalue weighted by Crippen LogP contribution is -2.41. The Morgan fingerprint density at radius 1 is 1.33 bits per heavy atom. The van der Waals surface area contributed by atoms with Gasteiger partial charge in [0.05, 0.1) is 12.8 Å². The number of anilines is 1. The summed E-state index contributed by atoms with van der Waals surface area (Å²) in [5.41, 5.74) is 0.580. The first-order chi connectivity index (χ1) is 11.5. The summed E-state index contributed by atoms with van der Waals surface area (Å²) < 4.78 is 5.25. The number of hydrogen-bond donors (Lipinski definition) is 1. The average molecular weight is 353 g/mol. The Hall–Kier alpha value is -1.75. The van der Waals surface area contributed by atoms with Crippen LogP contribution in [0.5, 0.6) is 5.75 Å². The van der Waals surface area contributed by atoms with E-state index in [1.54, 1.807) is 25.3 Å². The summed E-state index contributed by atoms with van der Waals surface area (Å²) >= 11 is 5.99. The van der Waals surface area contributed by atoms with Crippen molar-refractivity contribution in [3.63, 3.8) is 0 Å². The fraction of sp³-hybridized carbons (Fsp3) is 0.556. The predicted octanol–water partition coefficient (Wildman–Crippen LogP) is 3.72. The van der Waals surface area contributed by atoms with Crippen molar-refractivity contribution < 1.29 is 14.3 Å². The van der Waals surface area contributed by atoms with E-state index in [1.165, 1.54) is 0 Å². The lowest BCUT2D eigenvalue weighted by Gasteiger charge is -2.31. The van der Waals surface area contributed by atoms with Crippen LogP contribution >= 0.6 is 11.6 Å². The van der Waals surface area contributed by atoms with E-state index in [0.717, 1.165) is 12.8 Å². The third kappa shape index (κ3) is 4.87. The van der Waals surface area contributed by atoms with Gasteiger partial charge in [-0.3, -0.25) is 9.59 Å². The fourth-order valence-electron chi connectivity index (χ4n) is 2.89. The lowest BCUT2D eigenvalue weighted by atomic mass is 9.95. The van der Waals surface area contributed by atoms with Gasteiger partial charge in [-0.15, -0.1) is 0 Å². The summed E-state index contributed by atoms with van der Waals surface area (Å²) in [6.45, 7) is 3.37. The van der Waals surface area contributed by atoms with Gasteiger partial charge < -0.3 is 15.0 Å². The van der Waals surface area contributed by atoms with E-state index in [1.807, 2.05) is 4.90 Å². The molecule has 1 aromatic carbocycles. The van der Waals surface area contributed by atoms with Crippen molar-refractivity contribution in [2.24, 2.45) is 5.92 Å². The first-order valence-corrected chi connectivity index (χ1v) is 8.85. The topological polar surface area (TPSA) is 58.6 Å². The van der Waals surface area contributed by atoms with Gasteiger partial charge in [0.15, 0.2) is 0 Å². The molecule has 0 aliphatic carbocycles. The highest BCUT2D eigenvalue weighted by Crippen LogP contribution is 2.29. The molecule has 24 heavy (non-hydrogen) atoms. The highest BCUT2D eigenvalue weighted by atomic mass is 35.5. The highest BCUT2D eigenvalue weighted by Gasteiger charge is 2.27. The number of piperidine rings is 1. The number of ether oxygens (including phenoxy) is 1. The quantitative estimate of drug-likeness (QED) is 0.848. The number of likely N-dealkylation sites (tertiary alicyclic amines) is 1. The van der Waals surface area contributed by atoms with Crippen molar-refractivity contribution in [1.29, 1.82) is 0 Å². The summed E-state index contributed by atoms with van der Waals surface area (Å²) in [6.07, 6.45) is 3.92. The van der Waals surface area contributed by atoms with E-state index in [4.69, 9.17) is 16.3 Å². The molecule has 0 radical (unpaired) electrons. The lowest BCUT2D eigenvalue weighted by molar-refractivity contribution is -0.134. The Bertz CT molecular complexity index is 584. The molecule has 0 saturated carbocycles. The Labute approximate surface area is 148 Å². The molecule has 1 aliphatic rings. The number of amides is 2. The van der Waals surface area contributed by atoms with Crippen LogP contribution in [0.1, 0.15) is 39.0 Å². The highest BCUT2D eigenvalue weighted by molar-refractivity contribution is 6.31. The molecule has 132 valence electrons. The van der Waals surface area contributed by atoms with Gasteiger partial charge in [-0.05, 0) is 37.5 Å². The van der Waals surface area contributed by atoms with E-state index in [9.17, 15) is 9.59 Å². The summed E-state index contributed by atoms with van der Waals surface area (Å²) in [5.74, 6) is 0.646. The minimum Gasteiger partial charge on any atom is -0.495 e. The zero-order valence-corrected chi connectivity index (χ0v) is 15.1. The number of halogens is 1. The Morgan fingerprint density at radius 2 is 2.04 bits per heavy atom. The molecule has 1 aliphatic heterocycles. The van der Waals surface area contributed by atoms with Crippen molar-refractivity contribution >= 4 is 29.1 Å². The van der Waals surface area contributed by atoms with Crippen LogP contribution < -0.4 is 10.1 Å². The molecule has 1 aromatic rings. The minimum atomic E-state index is -0.0936. The third-order valence-electron chi connectivity index (χ3n) is 4.38. The molecule has 6 heteroatoms. The molecule has 0 atom stereocenters. The van der Waals surface area contributed by atoms with Crippen LogP contribution in [0.3, 0.4) is 0 Å². The number of nitrogens with one attached hydrogen (secondary N) is 1. The van der Waals surface area contributed by atoms with E-state index in [-0.39, 0.29) is 17.7 Å². The number of rotatable bonds is 6. The molecule has 0 unspecified atom stereocenters. The summed E-state index contributed by atoms with van der Waals surface area (Å²) in [5, 5.41) is 3.44. The second-order valence-electron chi connectivity index (χ2n) is 6.09. The monoisotopic (exact) mass is 352 g/mol. The molecule has 2 amide bonds. The number of methoxy groups -OCH3 is 1. The SMILES string of the molecule is CCCCC(=O)N1CCC(C(=O)Nc2cc(Cl)ccc2OC)CC1. The Morgan fingerprint density at radius 3 is 2.67 bits per heavy atom. The number of carbonyl (C=O) groups excluding carboxylic acids is 2. The standard InChI is InChI=1S/C18H25ClN2O3/c1-3-4-5-17(22)21-10-8-13(9-11-21)18(23)20-15-12-14(19)6-7-16(15)24-2/h6-7,12-13H,3-5,8-11H2,1-2H3,(H,20,23). The molecular weight excluding hydrogens is 328 g/mol. The number of unbranched alkanes of at least 4 members (excludes halogenated alkanes) is 1. The zero-order valence-electron chi connectivity index (χ0n) is 14.3. The van der Waals surface area contributed by atoms with Gasteiger partial charge in [0.1, 0.15) is 5.75 Å². The van der Waals surface area contributed by atoms with Gasteiger partial charge in [0, 0.05) is 30.5 Å². The van der Waals surface area contributed by atoms with Crippen LogP contribution in [-0.2, 0) is 9.59 Å². The largest absolute Gasteiger partial charge is 0.495 e. The van der Waals surface area contributed by atoms with Gasteiger partial charge in [-0.25, -0.2) is 0 Å². The van der Waals surface area contributed by atoms with Crippen LogP contribution in [-0.4, -0.2) is 36.9 Å². The van der Waals surface area contributed by atoms with Crippen LogP contribution in [0.15, 0.2) is 18.2 Å². The zero-order chi connectivity index (χ0) is 17.5. The molecule has 0 aromatic heterocycles. The van der Waals surface area contributed by atoms with Gasteiger partial charge in [0.2, 0.25) is 11.8 Å². The number of nitrogens with zero attached hydrogens (tertiary/aromatic N) is 1. The van der Waals surface area contributed by atoms with Gasteiger partial charge >= 0.3 is 0 Å². The first kappa shape index (κ1) is 18.6. The second kappa shape index (κ2) is 8.92. The number of benzene rings is 1. The molecule has 1 saturated heterocycles. The maximum atomic E-state index is 12.5. The van der Waals surface area contributed by atoms with Crippen LogP contribution in [0.2, 0.25) is 5.02 Å². The Balaban J connectivity index is 1.89. The molecule has 0 spiro atoms. The normalized spacial score (nSPS) is 15.2. The van der Waals surface area contributed by atoms with Gasteiger partial charge in [-0.1, -0.05) is 24.9 Å². The maximum absolute atomic E-state index is 12.5. The number of hydrogen-bond acceptors (Lipinski definition) is 3. The third-order valence-corrected chi connectivity index (χ3v) is 4.62. The first-order valence-electron chi connectivity index (χ1n) is 8.47. The van der Waals surface area contributed by atoms with Crippen molar-refractivity contribution in [2.45, 2.75) is 39.0 Å². The van der Waals surface area contributed by atoms with Crippen molar-refractivity contribution in [3.8, 4) is 5.75 Å². The molecule has 5 nitrogen and oxygen atoms in total. The van der Waals surface area contributed by atoms with E-state index in [0.29, 0.717) is 48.8 Å². The van der Waals surface area contributed by atoms with Gasteiger partial charge in [-0.2, -0.15) is 0 Å². The van der Waals surface area contributed by atoms with Crippen LogP contribution in [0, 0.1) is 5.92 Å². The molecule has 1 fully saturated rings. The summed E-state index contributed by atoms with van der Waals surface area (Å²) in [4.78, 5) is 26.4. The fourth-order valence-corrected chi connectivity index (χ4v) is 3.06. The summed E-state index contributed by atoms with van der Waals surface area (Å²) in [7, 11) is 1.55. The Kier molecular flexibility index (Phi) is 6.91. The van der Waals surface area contributed by atoms with Crippen molar-refractivity contribution in [1.82, 2.24) is 4.90 Å². The average Bonchev–Trinajstić information content (AvgIpc) is 2.60. The van der Waals surface area contributed by atoms with E-state index >= 15 is 0 Å². The molecule has 1 heterocycles. The van der Waals surface area contributed by atoms with Crippen molar-refractivity contribution in [2.75, 3.05) is 25.5 Å². The molecular formula is C18H25ClN2O3. The van der Waals surface area contributed by atoms with Crippen molar-refractivity contribution in [3.05, 3.63) is 23.2 Å². The van der Waals surface area contributed by atoms with Gasteiger partial charge in [0.25, 0.3) is 0 Å². The predicted molar refractivity (Wildman–Crippen MR) is 95.5 cm³/mol. The smallest absolute Gasteiger partial charge is 0.227 e. The molecule has 1 N–H and O–H groups in total. The second-order valence-corrected chi connectivity index (χ2v) is 6.53. The van der Waals surface area contributed by atoms with Crippen LogP contribution in [0.25, 0.3) is 0 Å². The molecule has 0 bridgehead atoms.